The zero-order valence-electron chi connectivity index (χ0n) is 15.6. The Kier molecular flexibility index (Phi) is 6.79. The molecule has 1 unspecified atom stereocenters. The summed E-state index contributed by atoms with van der Waals surface area (Å²) in [6.07, 6.45) is 6.55. The van der Waals surface area contributed by atoms with Gasteiger partial charge in [-0.25, -0.2) is 0 Å². The van der Waals surface area contributed by atoms with Crippen molar-refractivity contribution in [2.75, 3.05) is 25.1 Å². The molecule has 0 bridgehead atoms. The number of aliphatic carboxylic acids is 1. The van der Waals surface area contributed by atoms with E-state index < -0.39 is 12.0 Å². The summed E-state index contributed by atoms with van der Waals surface area (Å²) in [5.74, 6) is 0.0624. The molecule has 2 aromatic rings. The SMILES string of the molecule is CSCC[C@H](NC1CCN(CCc2c[nH]c3ccccc23)C(=O)C1)C(=O)O. The van der Waals surface area contributed by atoms with Crippen LogP contribution < -0.4 is 5.32 Å². The third kappa shape index (κ3) is 5.05. The largest absolute Gasteiger partial charge is 0.480 e. The van der Waals surface area contributed by atoms with Crippen molar-refractivity contribution in [1.29, 1.82) is 0 Å². The first-order valence-electron chi connectivity index (χ1n) is 9.39. The minimum atomic E-state index is -0.835. The molecule has 6 nitrogen and oxygen atoms in total. The Bertz CT molecular complexity index is 792. The van der Waals surface area contributed by atoms with Gasteiger partial charge in [0.15, 0.2) is 0 Å². The third-order valence-corrected chi connectivity index (χ3v) is 5.84. The van der Waals surface area contributed by atoms with Crippen LogP contribution in [0.15, 0.2) is 30.5 Å². The van der Waals surface area contributed by atoms with Crippen LogP contribution in [0.1, 0.15) is 24.8 Å². The second-order valence-electron chi connectivity index (χ2n) is 7.02. The monoisotopic (exact) mass is 389 g/mol. The van der Waals surface area contributed by atoms with E-state index in [1.165, 1.54) is 10.9 Å². The summed E-state index contributed by atoms with van der Waals surface area (Å²) in [7, 11) is 0. The fraction of sp³-hybridized carbons (Fsp3) is 0.500. The van der Waals surface area contributed by atoms with E-state index >= 15 is 0 Å². The van der Waals surface area contributed by atoms with Gasteiger partial charge in [-0.2, -0.15) is 11.8 Å². The number of para-hydroxylation sites is 1. The lowest BCUT2D eigenvalue weighted by atomic mass is 10.0. The number of carbonyl (C=O) groups is 2. The minimum absolute atomic E-state index is 0.0511. The molecule has 1 amide bonds. The van der Waals surface area contributed by atoms with Gasteiger partial charge < -0.3 is 20.3 Å². The molecule has 0 radical (unpaired) electrons. The Morgan fingerprint density at radius 1 is 1.44 bits per heavy atom. The highest BCUT2D eigenvalue weighted by atomic mass is 32.2. The summed E-state index contributed by atoms with van der Waals surface area (Å²) in [5, 5.41) is 13.7. The number of hydrogen-bond donors (Lipinski definition) is 3. The predicted molar refractivity (Wildman–Crippen MR) is 109 cm³/mol. The van der Waals surface area contributed by atoms with E-state index in [4.69, 9.17) is 0 Å². The molecular formula is C20H27N3O3S. The van der Waals surface area contributed by atoms with Gasteiger partial charge in [0, 0.05) is 42.7 Å². The van der Waals surface area contributed by atoms with Gasteiger partial charge in [0.05, 0.1) is 0 Å². The second-order valence-corrected chi connectivity index (χ2v) is 8.00. The summed E-state index contributed by atoms with van der Waals surface area (Å²) < 4.78 is 0. The molecule has 0 spiro atoms. The van der Waals surface area contributed by atoms with Crippen LogP contribution in [-0.4, -0.2) is 64.0 Å². The number of thioether (sulfide) groups is 1. The van der Waals surface area contributed by atoms with Gasteiger partial charge in [-0.3, -0.25) is 9.59 Å². The van der Waals surface area contributed by atoms with E-state index in [1.54, 1.807) is 11.8 Å². The van der Waals surface area contributed by atoms with Crippen LogP contribution in [0.2, 0.25) is 0 Å². The van der Waals surface area contributed by atoms with E-state index in [1.807, 2.05) is 29.5 Å². The van der Waals surface area contributed by atoms with Crippen molar-refractivity contribution in [1.82, 2.24) is 15.2 Å². The van der Waals surface area contributed by atoms with Gasteiger partial charge >= 0.3 is 5.97 Å². The molecular weight excluding hydrogens is 362 g/mol. The number of aromatic amines is 1. The number of rotatable bonds is 9. The fourth-order valence-corrected chi connectivity index (χ4v) is 4.12. The number of piperidine rings is 1. The molecule has 3 rings (SSSR count). The van der Waals surface area contributed by atoms with Gasteiger partial charge in [0.2, 0.25) is 5.91 Å². The number of nitrogens with zero attached hydrogens (tertiary/aromatic N) is 1. The Morgan fingerprint density at radius 2 is 2.26 bits per heavy atom. The van der Waals surface area contributed by atoms with Gasteiger partial charge in [-0.1, -0.05) is 18.2 Å². The van der Waals surface area contributed by atoms with Gasteiger partial charge in [0.1, 0.15) is 6.04 Å². The molecule has 1 aliphatic heterocycles. The third-order valence-electron chi connectivity index (χ3n) is 5.19. The van der Waals surface area contributed by atoms with Crippen molar-refractivity contribution in [2.24, 2.45) is 0 Å². The lowest BCUT2D eigenvalue weighted by Crippen LogP contribution is -2.51. The molecule has 1 aliphatic rings. The lowest BCUT2D eigenvalue weighted by molar-refractivity contribution is -0.141. The quantitative estimate of drug-likeness (QED) is 0.614. The normalized spacial score (nSPS) is 18.8. The Balaban J connectivity index is 1.51. The van der Waals surface area contributed by atoms with Crippen LogP contribution in [-0.2, 0) is 16.0 Å². The Morgan fingerprint density at radius 3 is 3.00 bits per heavy atom. The van der Waals surface area contributed by atoms with Crippen LogP contribution in [0.3, 0.4) is 0 Å². The molecule has 1 aromatic heterocycles. The Labute approximate surface area is 163 Å². The first-order chi connectivity index (χ1) is 13.1. The average Bonchev–Trinajstić information content (AvgIpc) is 3.07. The molecule has 1 fully saturated rings. The maximum Gasteiger partial charge on any atom is 0.320 e. The van der Waals surface area contributed by atoms with E-state index in [9.17, 15) is 14.7 Å². The van der Waals surface area contributed by atoms with Crippen molar-refractivity contribution < 1.29 is 14.7 Å². The zero-order valence-corrected chi connectivity index (χ0v) is 16.4. The number of hydrogen-bond acceptors (Lipinski definition) is 4. The van der Waals surface area contributed by atoms with Crippen molar-refractivity contribution >= 4 is 34.5 Å². The van der Waals surface area contributed by atoms with Crippen molar-refractivity contribution in [2.45, 2.75) is 37.8 Å². The molecule has 0 aliphatic carbocycles. The molecule has 2 atom stereocenters. The van der Waals surface area contributed by atoms with Gasteiger partial charge in [-0.15, -0.1) is 0 Å². The first kappa shape index (κ1) is 19.8. The molecule has 1 saturated heterocycles. The summed E-state index contributed by atoms with van der Waals surface area (Å²) >= 11 is 1.64. The van der Waals surface area contributed by atoms with Crippen LogP contribution in [0.4, 0.5) is 0 Å². The number of aromatic nitrogens is 1. The van der Waals surface area contributed by atoms with E-state index in [0.717, 1.165) is 24.1 Å². The number of amides is 1. The average molecular weight is 390 g/mol. The molecule has 146 valence electrons. The molecule has 2 heterocycles. The highest BCUT2D eigenvalue weighted by molar-refractivity contribution is 7.98. The first-order valence-corrected chi connectivity index (χ1v) is 10.8. The van der Waals surface area contributed by atoms with Crippen LogP contribution >= 0.6 is 11.8 Å². The van der Waals surface area contributed by atoms with E-state index in [0.29, 0.717) is 25.9 Å². The number of H-pyrrole nitrogens is 1. The molecule has 1 aromatic carbocycles. The van der Waals surface area contributed by atoms with E-state index in [-0.39, 0.29) is 11.9 Å². The number of carboxylic acid groups (broad SMARTS) is 1. The van der Waals surface area contributed by atoms with Gasteiger partial charge in [-0.05, 0) is 42.9 Å². The molecule has 3 N–H and O–H groups in total. The fourth-order valence-electron chi connectivity index (χ4n) is 3.65. The van der Waals surface area contributed by atoms with Gasteiger partial charge in [0.25, 0.3) is 0 Å². The van der Waals surface area contributed by atoms with E-state index in [2.05, 4.69) is 22.4 Å². The molecule has 0 saturated carbocycles. The maximum absolute atomic E-state index is 12.5. The van der Waals surface area contributed by atoms with Crippen molar-refractivity contribution in [3.63, 3.8) is 0 Å². The topological polar surface area (TPSA) is 85.4 Å². The zero-order chi connectivity index (χ0) is 19.2. The maximum atomic E-state index is 12.5. The number of nitrogens with one attached hydrogen (secondary N) is 2. The number of carboxylic acids is 1. The van der Waals surface area contributed by atoms with Crippen LogP contribution in [0.5, 0.6) is 0 Å². The van der Waals surface area contributed by atoms with Crippen molar-refractivity contribution in [3.05, 3.63) is 36.0 Å². The number of benzene rings is 1. The number of fused-ring (bicyclic) bond motifs is 1. The van der Waals surface area contributed by atoms with Crippen molar-refractivity contribution in [3.8, 4) is 0 Å². The summed E-state index contributed by atoms with van der Waals surface area (Å²) in [4.78, 5) is 29.1. The highest BCUT2D eigenvalue weighted by Crippen LogP contribution is 2.20. The lowest BCUT2D eigenvalue weighted by Gasteiger charge is -2.33. The highest BCUT2D eigenvalue weighted by Gasteiger charge is 2.29. The van der Waals surface area contributed by atoms with Crippen LogP contribution in [0, 0.1) is 0 Å². The number of carbonyl (C=O) groups excluding carboxylic acids is 1. The predicted octanol–water partition coefficient (Wildman–Crippen LogP) is 2.50. The smallest absolute Gasteiger partial charge is 0.320 e. The Hall–Kier alpha value is -1.99. The van der Waals surface area contributed by atoms with Crippen LogP contribution in [0.25, 0.3) is 10.9 Å². The standard InChI is InChI=1S/C20H27N3O3S/c1-27-11-8-18(20(25)26)22-15-7-10-23(19(24)12-15)9-6-14-13-21-17-5-3-2-4-16(14)17/h2-5,13,15,18,21-22H,6-12H2,1H3,(H,25,26)/t15?,18-/m0/s1. The summed E-state index contributed by atoms with van der Waals surface area (Å²) in [6.45, 7) is 1.37. The summed E-state index contributed by atoms with van der Waals surface area (Å²) in [5.41, 5.74) is 2.34. The number of likely N-dealkylation sites (tertiary alicyclic amines) is 1. The second kappa shape index (κ2) is 9.28. The molecule has 27 heavy (non-hydrogen) atoms. The molecule has 7 heteroatoms. The minimum Gasteiger partial charge on any atom is -0.480 e. The summed E-state index contributed by atoms with van der Waals surface area (Å²) in [6, 6.07) is 7.56.